The molecule has 0 saturated carbocycles. The predicted molar refractivity (Wildman–Crippen MR) is 70.5 cm³/mol. The number of phenols is 1. The van der Waals surface area contributed by atoms with Crippen molar-refractivity contribution in [1.82, 2.24) is 0 Å². The zero-order valence-electron chi connectivity index (χ0n) is 10.8. The molecule has 0 fully saturated rings. The Bertz CT molecular complexity index is 481. The van der Waals surface area contributed by atoms with Crippen molar-refractivity contribution < 1.29 is 14.6 Å². The second kappa shape index (κ2) is 5.46. The van der Waals surface area contributed by atoms with E-state index in [-0.39, 0.29) is 5.75 Å². The van der Waals surface area contributed by atoms with Crippen LogP contribution in [0.1, 0.15) is 26.3 Å². The normalized spacial score (nSPS) is 10.6. The number of phenolic OH excluding ortho intramolecular Hbond substituents is 1. The Hall–Kier alpha value is -2.15. The molecule has 0 unspecified atom stereocenters. The van der Waals surface area contributed by atoms with Crippen LogP contribution in [0.4, 0.5) is 10.5 Å². The van der Waals surface area contributed by atoms with E-state index >= 15 is 0 Å². The van der Waals surface area contributed by atoms with E-state index < -0.39 is 11.7 Å². The first-order valence-electron chi connectivity index (χ1n) is 5.57. The second-order valence-electron chi connectivity index (χ2n) is 4.85. The molecular weight excluding hydrogens is 230 g/mol. The van der Waals surface area contributed by atoms with Gasteiger partial charge >= 0.3 is 6.09 Å². The number of carbonyl (C=O) groups is 1. The fourth-order valence-electron chi connectivity index (χ4n) is 1.34. The lowest BCUT2D eigenvalue weighted by Crippen LogP contribution is -2.27. The minimum atomic E-state index is -0.553. The fourth-order valence-corrected chi connectivity index (χ4v) is 1.34. The molecule has 0 aliphatic carbocycles. The molecule has 1 rings (SSSR count). The Labute approximate surface area is 107 Å². The van der Waals surface area contributed by atoms with E-state index in [0.717, 1.165) is 0 Å². The summed E-state index contributed by atoms with van der Waals surface area (Å²) in [6, 6.07) is 4.69. The molecular formula is C14H17NO3. The number of carbonyl (C=O) groups excluding carboxylic acids is 1. The van der Waals surface area contributed by atoms with Crippen LogP contribution in [0.15, 0.2) is 18.2 Å². The van der Waals surface area contributed by atoms with Crippen molar-refractivity contribution in [1.29, 1.82) is 0 Å². The number of benzene rings is 1. The van der Waals surface area contributed by atoms with Crippen molar-refractivity contribution in [3.63, 3.8) is 0 Å². The van der Waals surface area contributed by atoms with Gasteiger partial charge in [0.05, 0.1) is 0 Å². The standard InChI is InChI=1S/C14H17NO3/c1-5-6-10-9-11(7-8-12(10)16)15-13(17)18-14(2,3)4/h1,7-9,16H,6H2,2-4H3,(H,15,17). The first kappa shape index (κ1) is 13.9. The summed E-state index contributed by atoms with van der Waals surface area (Å²) < 4.78 is 5.12. The molecule has 0 aromatic heterocycles. The van der Waals surface area contributed by atoms with Crippen LogP contribution in [0.2, 0.25) is 0 Å². The number of nitrogens with one attached hydrogen (secondary N) is 1. The molecule has 0 aliphatic rings. The lowest BCUT2D eigenvalue weighted by Gasteiger charge is -2.19. The van der Waals surface area contributed by atoms with Crippen LogP contribution in [0.25, 0.3) is 0 Å². The summed E-state index contributed by atoms with van der Waals surface area (Å²) >= 11 is 0. The highest BCUT2D eigenvalue weighted by Gasteiger charge is 2.16. The molecule has 1 aromatic carbocycles. The molecule has 18 heavy (non-hydrogen) atoms. The van der Waals surface area contributed by atoms with Gasteiger partial charge in [0.1, 0.15) is 11.4 Å². The number of rotatable bonds is 2. The molecule has 1 amide bonds. The first-order valence-corrected chi connectivity index (χ1v) is 5.57. The number of terminal acetylenes is 1. The largest absolute Gasteiger partial charge is 0.508 e. The summed E-state index contributed by atoms with van der Waals surface area (Å²) in [6.07, 6.45) is 4.95. The van der Waals surface area contributed by atoms with Gasteiger partial charge in [-0.1, -0.05) is 0 Å². The fraction of sp³-hybridized carbons (Fsp3) is 0.357. The maximum absolute atomic E-state index is 11.5. The summed E-state index contributed by atoms with van der Waals surface area (Å²) in [7, 11) is 0. The third-order valence-electron chi connectivity index (χ3n) is 2.02. The van der Waals surface area contributed by atoms with E-state index in [1.54, 1.807) is 32.9 Å². The summed E-state index contributed by atoms with van der Waals surface area (Å²) in [6.45, 7) is 5.35. The summed E-state index contributed by atoms with van der Waals surface area (Å²) in [5, 5.41) is 12.1. The van der Waals surface area contributed by atoms with E-state index in [0.29, 0.717) is 17.7 Å². The smallest absolute Gasteiger partial charge is 0.412 e. The number of aromatic hydroxyl groups is 1. The van der Waals surface area contributed by atoms with Gasteiger partial charge in [-0.15, -0.1) is 12.3 Å². The van der Waals surface area contributed by atoms with Crippen LogP contribution in [0, 0.1) is 12.3 Å². The molecule has 0 spiro atoms. The van der Waals surface area contributed by atoms with Gasteiger partial charge < -0.3 is 9.84 Å². The van der Waals surface area contributed by atoms with Crippen molar-refractivity contribution in [3.8, 4) is 18.1 Å². The van der Waals surface area contributed by atoms with Crippen LogP contribution in [-0.4, -0.2) is 16.8 Å². The summed E-state index contributed by atoms with van der Waals surface area (Å²) in [4.78, 5) is 11.5. The van der Waals surface area contributed by atoms with Crippen LogP contribution in [0.3, 0.4) is 0 Å². The van der Waals surface area contributed by atoms with Crippen LogP contribution < -0.4 is 5.32 Å². The molecule has 96 valence electrons. The quantitative estimate of drug-likeness (QED) is 0.624. The highest BCUT2D eigenvalue weighted by atomic mass is 16.6. The number of ether oxygens (including phenoxy) is 1. The van der Waals surface area contributed by atoms with Gasteiger partial charge in [0.2, 0.25) is 0 Å². The Morgan fingerprint density at radius 2 is 2.17 bits per heavy atom. The lowest BCUT2D eigenvalue weighted by atomic mass is 10.1. The Kier molecular flexibility index (Phi) is 4.22. The summed E-state index contributed by atoms with van der Waals surface area (Å²) in [5.41, 5.74) is 0.571. The minimum absolute atomic E-state index is 0.114. The van der Waals surface area contributed by atoms with E-state index in [1.165, 1.54) is 6.07 Å². The van der Waals surface area contributed by atoms with Crippen molar-refractivity contribution in [2.45, 2.75) is 32.8 Å². The van der Waals surface area contributed by atoms with Crippen molar-refractivity contribution in [2.75, 3.05) is 5.32 Å². The van der Waals surface area contributed by atoms with Crippen molar-refractivity contribution >= 4 is 11.8 Å². The Morgan fingerprint density at radius 1 is 1.50 bits per heavy atom. The van der Waals surface area contributed by atoms with E-state index in [1.807, 2.05) is 0 Å². The molecule has 4 heteroatoms. The van der Waals surface area contributed by atoms with Gasteiger partial charge in [-0.2, -0.15) is 0 Å². The van der Waals surface area contributed by atoms with Gasteiger partial charge in [-0.3, -0.25) is 5.32 Å². The SMILES string of the molecule is C#CCc1cc(NC(=O)OC(C)(C)C)ccc1O. The van der Waals surface area contributed by atoms with Crippen LogP contribution in [0.5, 0.6) is 5.75 Å². The van der Waals surface area contributed by atoms with Gasteiger partial charge in [0.15, 0.2) is 0 Å². The molecule has 1 aromatic rings. The maximum Gasteiger partial charge on any atom is 0.412 e. The number of hydrogen-bond donors (Lipinski definition) is 2. The first-order chi connectivity index (χ1) is 8.31. The van der Waals surface area contributed by atoms with E-state index in [9.17, 15) is 9.90 Å². The number of hydrogen-bond acceptors (Lipinski definition) is 3. The average molecular weight is 247 g/mol. The molecule has 0 atom stereocenters. The Balaban J connectivity index is 2.77. The maximum atomic E-state index is 11.5. The molecule has 0 aliphatic heterocycles. The van der Waals surface area contributed by atoms with Gasteiger partial charge in [-0.25, -0.2) is 4.79 Å². The monoisotopic (exact) mass is 247 g/mol. The van der Waals surface area contributed by atoms with Crippen molar-refractivity contribution in [3.05, 3.63) is 23.8 Å². The molecule has 0 radical (unpaired) electrons. The van der Waals surface area contributed by atoms with E-state index in [2.05, 4.69) is 11.2 Å². The number of anilines is 1. The van der Waals surface area contributed by atoms with E-state index in [4.69, 9.17) is 11.2 Å². The van der Waals surface area contributed by atoms with Gasteiger partial charge in [-0.05, 0) is 39.0 Å². The highest BCUT2D eigenvalue weighted by molar-refractivity contribution is 5.85. The third kappa shape index (κ3) is 4.38. The zero-order valence-corrected chi connectivity index (χ0v) is 10.8. The van der Waals surface area contributed by atoms with Gasteiger partial charge in [0, 0.05) is 17.7 Å². The molecule has 2 N–H and O–H groups in total. The predicted octanol–water partition coefficient (Wildman–Crippen LogP) is 2.91. The molecule has 0 heterocycles. The topological polar surface area (TPSA) is 58.6 Å². The third-order valence-corrected chi connectivity index (χ3v) is 2.02. The summed E-state index contributed by atoms with van der Waals surface area (Å²) in [5.74, 6) is 2.55. The minimum Gasteiger partial charge on any atom is -0.508 e. The van der Waals surface area contributed by atoms with Crippen LogP contribution in [-0.2, 0) is 11.2 Å². The Morgan fingerprint density at radius 3 is 2.72 bits per heavy atom. The average Bonchev–Trinajstić information content (AvgIpc) is 2.20. The van der Waals surface area contributed by atoms with Crippen LogP contribution >= 0.6 is 0 Å². The van der Waals surface area contributed by atoms with Gasteiger partial charge in [0.25, 0.3) is 0 Å². The van der Waals surface area contributed by atoms with Crippen molar-refractivity contribution in [2.24, 2.45) is 0 Å². The highest BCUT2D eigenvalue weighted by Crippen LogP contribution is 2.22. The lowest BCUT2D eigenvalue weighted by molar-refractivity contribution is 0.0636. The molecule has 4 nitrogen and oxygen atoms in total. The zero-order chi connectivity index (χ0) is 13.8. The second-order valence-corrected chi connectivity index (χ2v) is 4.85. The molecule has 0 saturated heterocycles. The molecule has 0 bridgehead atoms. The number of amides is 1.